The zero-order chi connectivity index (χ0) is 19.6. The van der Waals surface area contributed by atoms with Gasteiger partial charge in [-0.15, -0.1) is 0 Å². The fourth-order valence-corrected chi connectivity index (χ4v) is 3.80. The minimum Gasteiger partial charge on any atom is -0.339 e. The van der Waals surface area contributed by atoms with E-state index in [4.69, 9.17) is 0 Å². The van der Waals surface area contributed by atoms with E-state index in [9.17, 15) is 13.2 Å². The average Bonchev–Trinajstić information content (AvgIpc) is 2.66. The third-order valence-electron chi connectivity index (χ3n) is 4.99. The van der Waals surface area contributed by atoms with Gasteiger partial charge in [-0.25, -0.2) is 8.42 Å². The molecule has 0 bridgehead atoms. The highest BCUT2D eigenvalue weighted by atomic mass is 32.2. The first kappa shape index (κ1) is 19.1. The van der Waals surface area contributed by atoms with E-state index in [1.807, 2.05) is 49.4 Å². The van der Waals surface area contributed by atoms with Gasteiger partial charge in [0.25, 0.3) is 0 Å². The van der Waals surface area contributed by atoms with Crippen LogP contribution in [0.25, 0.3) is 10.8 Å². The molecule has 0 radical (unpaired) electrons. The van der Waals surface area contributed by atoms with Gasteiger partial charge in [0, 0.05) is 13.3 Å². The molecule has 0 aliphatic carbocycles. The van der Waals surface area contributed by atoms with Crippen LogP contribution in [0.15, 0.2) is 71.6 Å². The molecule has 1 unspecified atom stereocenters. The van der Waals surface area contributed by atoms with Gasteiger partial charge >= 0.3 is 0 Å². The second-order valence-corrected chi connectivity index (χ2v) is 8.85. The summed E-state index contributed by atoms with van der Waals surface area (Å²) in [6.07, 6.45) is 1.51. The van der Waals surface area contributed by atoms with Crippen LogP contribution in [0.1, 0.15) is 24.1 Å². The Balaban J connectivity index is 1.78. The molecule has 0 aliphatic heterocycles. The van der Waals surface area contributed by atoms with Crippen LogP contribution in [-0.2, 0) is 21.1 Å². The standard InChI is InChI=1S/C22H23NO3S/c1-16(17-11-13-20(14-12-17)27(3,25)26)23(2)22(24)15-19-9-6-8-18-7-4-5-10-21(18)19/h4-14,16H,15H2,1-3H3. The molecule has 0 heterocycles. The van der Waals surface area contributed by atoms with Crippen molar-refractivity contribution in [3.8, 4) is 0 Å². The molecule has 4 nitrogen and oxygen atoms in total. The van der Waals surface area contributed by atoms with Crippen molar-refractivity contribution in [1.82, 2.24) is 4.90 Å². The Bertz CT molecular complexity index is 1070. The van der Waals surface area contributed by atoms with E-state index in [1.165, 1.54) is 6.26 Å². The third kappa shape index (κ3) is 4.19. The van der Waals surface area contributed by atoms with Crippen LogP contribution in [0.5, 0.6) is 0 Å². The molecule has 27 heavy (non-hydrogen) atoms. The first-order valence-corrected chi connectivity index (χ1v) is 10.7. The van der Waals surface area contributed by atoms with Crippen LogP contribution in [-0.4, -0.2) is 32.5 Å². The van der Waals surface area contributed by atoms with Gasteiger partial charge < -0.3 is 4.90 Å². The van der Waals surface area contributed by atoms with Crippen LogP contribution >= 0.6 is 0 Å². The van der Waals surface area contributed by atoms with Gasteiger partial charge in [-0.1, -0.05) is 54.6 Å². The highest BCUT2D eigenvalue weighted by Crippen LogP contribution is 2.23. The van der Waals surface area contributed by atoms with Crippen molar-refractivity contribution in [2.24, 2.45) is 0 Å². The number of fused-ring (bicyclic) bond motifs is 1. The lowest BCUT2D eigenvalue weighted by molar-refractivity contribution is -0.131. The summed E-state index contributed by atoms with van der Waals surface area (Å²) in [6, 6.07) is 20.6. The molecule has 0 spiro atoms. The minimum absolute atomic E-state index is 0.0195. The third-order valence-corrected chi connectivity index (χ3v) is 6.12. The molecule has 3 aromatic carbocycles. The second kappa shape index (κ2) is 7.53. The van der Waals surface area contributed by atoms with Crippen molar-refractivity contribution in [1.29, 1.82) is 0 Å². The van der Waals surface area contributed by atoms with E-state index < -0.39 is 9.84 Å². The van der Waals surface area contributed by atoms with Gasteiger partial charge in [-0.2, -0.15) is 0 Å². The number of benzene rings is 3. The molecule has 3 rings (SSSR count). The Hall–Kier alpha value is -2.66. The Labute approximate surface area is 160 Å². The number of amides is 1. The van der Waals surface area contributed by atoms with E-state index in [0.29, 0.717) is 6.42 Å². The number of carbonyl (C=O) groups is 1. The number of nitrogens with zero attached hydrogens (tertiary/aromatic N) is 1. The van der Waals surface area contributed by atoms with Crippen LogP contribution in [0.3, 0.4) is 0 Å². The van der Waals surface area contributed by atoms with E-state index in [2.05, 4.69) is 0 Å². The molecule has 0 aliphatic rings. The molecule has 0 N–H and O–H groups in total. The summed E-state index contributed by atoms with van der Waals surface area (Å²) >= 11 is 0. The van der Waals surface area contributed by atoms with Crippen molar-refractivity contribution in [2.75, 3.05) is 13.3 Å². The zero-order valence-electron chi connectivity index (χ0n) is 15.7. The molecule has 3 aromatic rings. The summed E-state index contributed by atoms with van der Waals surface area (Å²) in [7, 11) is -1.44. The fraction of sp³-hybridized carbons (Fsp3) is 0.227. The molecular weight excluding hydrogens is 358 g/mol. The predicted molar refractivity (Wildman–Crippen MR) is 108 cm³/mol. The van der Waals surface area contributed by atoms with E-state index >= 15 is 0 Å². The Morgan fingerprint density at radius 3 is 2.26 bits per heavy atom. The highest BCUT2D eigenvalue weighted by Gasteiger charge is 2.19. The lowest BCUT2D eigenvalue weighted by Gasteiger charge is -2.26. The van der Waals surface area contributed by atoms with Crippen molar-refractivity contribution < 1.29 is 13.2 Å². The minimum atomic E-state index is -3.22. The number of likely N-dealkylation sites (N-methyl/N-ethyl adjacent to an activating group) is 1. The highest BCUT2D eigenvalue weighted by molar-refractivity contribution is 7.90. The summed E-state index contributed by atoms with van der Waals surface area (Å²) in [5, 5.41) is 2.21. The molecule has 0 saturated heterocycles. The predicted octanol–water partition coefficient (Wildman–Crippen LogP) is 4.01. The topological polar surface area (TPSA) is 54.5 Å². The summed E-state index contributed by atoms with van der Waals surface area (Å²) in [4.78, 5) is 14.8. The Morgan fingerprint density at radius 1 is 0.963 bits per heavy atom. The summed E-state index contributed by atoms with van der Waals surface area (Å²) in [6.45, 7) is 1.94. The summed E-state index contributed by atoms with van der Waals surface area (Å²) < 4.78 is 23.2. The van der Waals surface area contributed by atoms with Gasteiger partial charge in [0.2, 0.25) is 5.91 Å². The first-order valence-electron chi connectivity index (χ1n) is 8.79. The SMILES string of the molecule is CC(c1ccc(S(C)(=O)=O)cc1)N(C)C(=O)Cc1cccc2ccccc12. The van der Waals surface area contributed by atoms with Gasteiger partial charge in [0.1, 0.15) is 0 Å². The molecule has 140 valence electrons. The number of rotatable bonds is 5. The maximum atomic E-state index is 12.8. The summed E-state index contributed by atoms with van der Waals surface area (Å²) in [5.41, 5.74) is 1.90. The van der Waals surface area contributed by atoms with Crippen molar-refractivity contribution in [2.45, 2.75) is 24.3 Å². The van der Waals surface area contributed by atoms with Crippen molar-refractivity contribution in [3.63, 3.8) is 0 Å². The van der Waals surface area contributed by atoms with Crippen LogP contribution in [0.2, 0.25) is 0 Å². The fourth-order valence-electron chi connectivity index (χ4n) is 3.17. The monoisotopic (exact) mass is 381 g/mol. The maximum Gasteiger partial charge on any atom is 0.227 e. The smallest absolute Gasteiger partial charge is 0.227 e. The summed E-state index contributed by atoms with van der Waals surface area (Å²) in [5.74, 6) is 0.0195. The van der Waals surface area contributed by atoms with Crippen LogP contribution < -0.4 is 0 Å². The lowest BCUT2D eigenvalue weighted by atomic mass is 10.0. The van der Waals surface area contributed by atoms with Crippen LogP contribution in [0, 0.1) is 0 Å². The molecule has 1 amide bonds. The molecule has 0 aromatic heterocycles. The molecule has 5 heteroatoms. The van der Waals surface area contributed by atoms with Crippen molar-refractivity contribution in [3.05, 3.63) is 77.9 Å². The van der Waals surface area contributed by atoms with Gasteiger partial charge in [0.05, 0.1) is 17.4 Å². The number of sulfone groups is 1. The van der Waals surface area contributed by atoms with E-state index in [1.54, 1.807) is 36.2 Å². The molecular formula is C22H23NO3S. The van der Waals surface area contributed by atoms with Gasteiger partial charge in [-0.3, -0.25) is 4.79 Å². The number of carbonyl (C=O) groups excluding carboxylic acids is 1. The van der Waals surface area contributed by atoms with E-state index in [-0.39, 0.29) is 16.8 Å². The largest absolute Gasteiger partial charge is 0.339 e. The number of hydrogen-bond acceptors (Lipinski definition) is 3. The maximum absolute atomic E-state index is 12.8. The van der Waals surface area contributed by atoms with Gasteiger partial charge in [-0.05, 0) is 41.0 Å². The number of hydrogen-bond donors (Lipinski definition) is 0. The lowest BCUT2D eigenvalue weighted by Crippen LogP contribution is -2.31. The molecule has 1 atom stereocenters. The second-order valence-electron chi connectivity index (χ2n) is 6.84. The van der Waals surface area contributed by atoms with Crippen molar-refractivity contribution >= 4 is 26.5 Å². The molecule has 0 fully saturated rings. The van der Waals surface area contributed by atoms with E-state index in [0.717, 1.165) is 21.9 Å². The zero-order valence-corrected chi connectivity index (χ0v) is 16.5. The van der Waals surface area contributed by atoms with Crippen LogP contribution in [0.4, 0.5) is 0 Å². The Kier molecular flexibility index (Phi) is 5.33. The first-order chi connectivity index (χ1) is 12.8. The Morgan fingerprint density at radius 2 is 1.59 bits per heavy atom. The normalized spacial score (nSPS) is 12.7. The molecule has 0 saturated carbocycles. The van der Waals surface area contributed by atoms with Gasteiger partial charge in [0.15, 0.2) is 9.84 Å². The quantitative estimate of drug-likeness (QED) is 0.671. The average molecular weight is 381 g/mol.